The van der Waals surface area contributed by atoms with E-state index in [4.69, 9.17) is 11.1 Å². The van der Waals surface area contributed by atoms with Crippen LogP contribution < -0.4 is 11.3 Å². The normalized spacial score (nSPS) is 35.2. The molecule has 11 heavy (non-hydrogen) atoms. The third-order valence-corrected chi connectivity index (χ3v) is 1.95. The van der Waals surface area contributed by atoms with Crippen molar-refractivity contribution in [3.8, 4) is 6.07 Å². The first kappa shape index (κ1) is 7.99. The Bertz CT molecular complexity index is 236. The lowest BCUT2D eigenvalue weighted by Gasteiger charge is -2.29. The highest BCUT2D eigenvalue weighted by Crippen LogP contribution is 2.22. The molecule has 0 aromatic heterocycles. The summed E-state index contributed by atoms with van der Waals surface area (Å²) in [5, 5.41) is 8.73. The van der Waals surface area contributed by atoms with E-state index in [-0.39, 0.29) is 5.92 Å². The number of nitrogens with one attached hydrogen (secondary N) is 1. The molecule has 0 aliphatic heterocycles. The van der Waals surface area contributed by atoms with Gasteiger partial charge in [0.05, 0.1) is 17.5 Å². The zero-order valence-corrected chi connectivity index (χ0v) is 6.41. The third-order valence-electron chi connectivity index (χ3n) is 1.95. The lowest BCUT2D eigenvalue weighted by atomic mass is 9.84. The molecule has 0 radical (unpaired) electrons. The predicted molar refractivity (Wildman–Crippen MR) is 43.1 cm³/mol. The highest BCUT2D eigenvalue weighted by atomic mass is 15.3. The van der Waals surface area contributed by atoms with Crippen LogP contribution in [0, 0.1) is 17.2 Å². The van der Waals surface area contributed by atoms with Gasteiger partial charge in [-0.25, -0.2) is 5.43 Å². The van der Waals surface area contributed by atoms with Crippen LogP contribution >= 0.6 is 0 Å². The minimum atomic E-state index is -0.413. The zero-order chi connectivity index (χ0) is 8.32. The van der Waals surface area contributed by atoms with E-state index in [2.05, 4.69) is 11.5 Å². The lowest BCUT2D eigenvalue weighted by molar-refractivity contribution is 0.392. The molecule has 3 N–H and O–H groups in total. The molecule has 0 amide bonds. The molecule has 1 aliphatic carbocycles. The molecule has 0 spiro atoms. The summed E-state index contributed by atoms with van der Waals surface area (Å²) in [5.41, 5.74) is 2.21. The van der Waals surface area contributed by atoms with E-state index in [9.17, 15) is 0 Å². The van der Waals surface area contributed by atoms with E-state index < -0.39 is 5.54 Å². The number of nitrogens with zero attached hydrogens (tertiary/aromatic N) is 1. The van der Waals surface area contributed by atoms with Crippen LogP contribution in [0.1, 0.15) is 6.92 Å². The first-order chi connectivity index (χ1) is 5.23. The Balaban J connectivity index is 2.88. The molecular weight excluding hydrogens is 138 g/mol. The summed E-state index contributed by atoms with van der Waals surface area (Å²) < 4.78 is 0. The Kier molecular flexibility index (Phi) is 2.08. The summed E-state index contributed by atoms with van der Waals surface area (Å²) in [6.07, 6.45) is 7.46. The van der Waals surface area contributed by atoms with Crippen molar-refractivity contribution in [2.45, 2.75) is 12.5 Å². The third kappa shape index (κ3) is 1.32. The molecule has 0 saturated carbocycles. The fraction of sp³-hybridized carbons (Fsp3) is 0.375. The van der Waals surface area contributed by atoms with Crippen molar-refractivity contribution in [1.29, 1.82) is 5.26 Å². The van der Waals surface area contributed by atoms with Crippen LogP contribution in [-0.4, -0.2) is 5.54 Å². The van der Waals surface area contributed by atoms with Crippen LogP contribution in [0.15, 0.2) is 24.3 Å². The van der Waals surface area contributed by atoms with Crippen molar-refractivity contribution < 1.29 is 0 Å². The van der Waals surface area contributed by atoms with Crippen LogP contribution in [0.25, 0.3) is 0 Å². The largest absolute Gasteiger partial charge is 0.271 e. The average Bonchev–Trinajstić information content (AvgIpc) is 2.05. The van der Waals surface area contributed by atoms with Gasteiger partial charge in [-0.3, -0.25) is 5.84 Å². The molecule has 0 fully saturated rings. The van der Waals surface area contributed by atoms with Crippen LogP contribution in [0.4, 0.5) is 0 Å². The maximum atomic E-state index is 8.73. The van der Waals surface area contributed by atoms with E-state index in [1.165, 1.54) is 0 Å². The first-order valence-electron chi connectivity index (χ1n) is 3.46. The molecular formula is C8H11N3. The molecule has 0 heterocycles. The Morgan fingerprint density at radius 3 is 2.82 bits per heavy atom. The van der Waals surface area contributed by atoms with E-state index in [0.29, 0.717) is 0 Å². The molecule has 3 heteroatoms. The van der Waals surface area contributed by atoms with Crippen molar-refractivity contribution in [3.05, 3.63) is 24.3 Å². The maximum absolute atomic E-state index is 8.73. The molecule has 0 aromatic carbocycles. The summed E-state index contributed by atoms with van der Waals surface area (Å²) in [7, 11) is 0. The monoisotopic (exact) mass is 149 g/mol. The summed E-state index contributed by atoms with van der Waals surface area (Å²) in [4.78, 5) is 0. The number of hydrazine groups is 1. The molecule has 0 saturated heterocycles. The summed E-state index contributed by atoms with van der Waals surface area (Å²) in [6.45, 7) is 1.89. The topological polar surface area (TPSA) is 61.8 Å². The van der Waals surface area contributed by atoms with E-state index in [1.807, 2.05) is 31.2 Å². The Morgan fingerprint density at radius 2 is 2.36 bits per heavy atom. The van der Waals surface area contributed by atoms with Gasteiger partial charge in [-0.1, -0.05) is 24.3 Å². The maximum Gasteiger partial charge on any atom is 0.0874 e. The van der Waals surface area contributed by atoms with Crippen molar-refractivity contribution >= 4 is 0 Å². The predicted octanol–water partition coefficient (Wildman–Crippen LogP) is 0.474. The number of nitriles is 1. The number of rotatable bonds is 1. The van der Waals surface area contributed by atoms with E-state index in [1.54, 1.807) is 0 Å². The minimum absolute atomic E-state index is 0.183. The smallest absolute Gasteiger partial charge is 0.0874 e. The van der Waals surface area contributed by atoms with Crippen LogP contribution in [-0.2, 0) is 0 Å². The quantitative estimate of drug-likeness (QED) is 0.421. The van der Waals surface area contributed by atoms with E-state index >= 15 is 0 Å². The zero-order valence-electron chi connectivity index (χ0n) is 6.41. The highest BCUT2D eigenvalue weighted by molar-refractivity contribution is 5.27. The Morgan fingerprint density at radius 1 is 1.64 bits per heavy atom. The standard InChI is InChI=1S/C8H11N3/c1-8(11-10)5-3-2-4-7(8)6-9/h2-5,7,11H,10H2,1H3. The first-order valence-corrected chi connectivity index (χ1v) is 3.46. The van der Waals surface area contributed by atoms with Gasteiger partial charge in [0.1, 0.15) is 0 Å². The van der Waals surface area contributed by atoms with Crippen LogP contribution in [0.3, 0.4) is 0 Å². The molecule has 3 nitrogen and oxygen atoms in total. The molecule has 1 aliphatic rings. The van der Waals surface area contributed by atoms with Gasteiger partial charge in [0.2, 0.25) is 0 Å². The fourth-order valence-electron chi connectivity index (χ4n) is 1.05. The number of hydrogen-bond acceptors (Lipinski definition) is 3. The van der Waals surface area contributed by atoms with Gasteiger partial charge < -0.3 is 0 Å². The summed E-state index contributed by atoms with van der Waals surface area (Å²) in [5.74, 6) is 5.13. The van der Waals surface area contributed by atoms with Gasteiger partial charge >= 0.3 is 0 Å². The number of allylic oxidation sites excluding steroid dienone is 2. The molecule has 0 aromatic rings. The summed E-state index contributed by atoms with van der Waals surface area (Å²) in [6, 6.07) is 2.16. The second kappa shape index (κ2) is 2.87. The molecule has 2 unspecified atom stereocenters. The van der Waals surface area contributed by atoms with Crippen LogP contribution in [0.5, 0.6) is 0 Å². The van der Waals surface area contributed by atoms with Gasteiger partial charge in [-0.2, -0.15) is 5.26 Å². The van der Waals surface area contributed by atoms with E-state index in [0.717, 1.165) is 0 Å². The van der Waals surface area contributed by atoms with Crippen molar-refractivity contribution in [2.75, 3.05) is 0 Å². The Hall–Kier alpha value is -1.11. The fourth-order valence-corrected chi connectivity index (χ4v) is 1.05. The van der Waals surface area contributed by atoms with Gasteiger partial charge in [0.15, 0.2) is 0 Å². The Labute approximate surface area is 66.2 Å². The minimum Gasteiger partial charge on any atom is -0.271 e. The van der Waals surface area contributed by atoms with Gasteiger partial charge in [-0.05, 0) is 6.92 Å². The van der Waals surface area contributed by atoms with Crippen molar-refractivity contribution in [2.24, 2.45) is 11.8 Å². The molecule has 2 atom stereocenters. The SMILES string of the molecule is CC1(NN)C=CC=CC1C#N. The second-order valence-electron chi connectivity index (χ2n) is 2.78. The highest BCUT2D eigenvalue weighted by Gasteiger charge is 2.29. The van der Waals surface area contributed by atoms with Crippen molar-refractivity contribution in [1.82, 2.24) is 5.43 Å². The number of nitrogens with two attached hydrogens (primary N) is 1. The molecule has 58 valence electrons. The second-order valence-corrected chi connectivity index (χ2v) is 2.78. The average molecular weight is 149 g/mol. The van der Waals surface area contributed by atoms with Gasteiger partial charge in [0, 0.05) is 0 Å². The summed E-state index contributed by atoms with van der Waals surface area (Å²) >= 11 is 0. The van der Waals surface area contributed by atoms with Gasteiger partial charge in [-0.15, -0.1) is 0 Å². The number of hydrogen-bond donors (Lipinski definition) is 2. The van der Waals surface area contributed by atoms with Crippen molar-refractivity contribution in [3.63, 3.8) is 0 Å². The molecule has 0 bridgehead atoms. The van der Waals surface area contributed by atoms with Gasteiger partial charge in [0.25, 0.3) is 0 Å². The van der Waals surface area contributed by atoms with Crippen LogP contribution in [0.2, 0.25) is 0 Å². The lowest BCUT2D eigenvalue weighted by Crippen LogP contribution is -2.50. The molecule has 1 rings (SSSR count).